The van der Waals surface area contributed by atoms with Gasteiger partial charge in [0.05, 0.1) is 6.61 Å². The highest BCUT2D eigenvalue weighted by Gasteiger charge is 2.35. The average Bonchev–Trinajstić information content (AvgIpc) is 3.31. The molecule has 1 aliphatic rings. The number of nitrogens with zero attached hydrogens (tertiary/aromatic N) is 1. The molecule has 1 aromatic rings. The predicted molar refractivity (Wildman–Crippen MR) is 132 cm³/mol. The van der Waals surface area contributed by atoms with Crippen LogP contribution in [0.1, 0.15) is 120 Å². The van der Waals surface area contributed by atoms with Crippen LogP contribution in [0.5, 0.6) is 0 Å². The van der Waals surface area contributed by atoms with Crippen molar-refractivity contribution in [1.29, 1.82) is 0 Å². The van der Waals surface area contributed by atoms with Crippen LogP contribution in [-0.2, 0) is 9.53 Å². The number of carbonyl (C=O) groups is 2. The fraction of sp³-hybridized carbons (Fsp3) is 0.714. The average molecular weight is 462 g/mol. The quantitative estimate of drug-likeness (QED) is 0.179. The van der Waals surface area contributed by atoms with E-state index in [2.05, 4.69) is 6.92 Å². The van der Waals surface area contributed by atoms with Crippen LogP contribution in [0.4, 0.5) is 4.39 Å². The molecule has 5 heteroatoms. The van der Waals surface area contributed by atoms with Gasteiger partial charge < -0.3 is 9.64 Å². The zero-order chi connectivity index (χ0) is 23.7. The van der Waals surface area contributed by atoms with E-state index in [1.165, 1.54) is 101 Å². The number of carbonyl (C=O) groups excluding carboxylic acids is 2. The lowest BCUT2D eigenvalue weighted by Gasteiger charge is -2.23. The first kappa shape index (κ1) is 27.3. The Balaban J connectivity index is 1.48. The summed E-state index contributed by atoms with van der Waals surface area (Å²) in [7, 11) is 0. The van der Waals surface area contributed by atoms with Gasteiger partial charge >= 0.3 is 5.97 Å². The Bertz CT molecular complexity index is 676. The number of likely N-dealkylation sites (tertiary alicyclic amines) is 1. The van der Waals surface area contributed by atoms with Crippen LogP contribution in [-0.4, -0.2) is 36.0 Å². The number of ether oxygens (including phenoxy) is 1. The molecular weight excluding hydrogens is 417 g/mol. The number of hydrogen-bond donors (Lipinski definition) is 0. The number of amides is 1. The molecule has 1 atom stereocenters. The molecule has 0 aromatic heterocycles. The van der Waals surface area contributed by atoms with Crippen LogP contribution in [0.15, 0.2) is 24.3 Å². The van der Waals surface area contributed by atoms with Crippen molar-refractivity contribution in [3.05, 3.63) is 35.6 Å². The van der Waals surface area contributed by atoms with E-state index in [-0.39, 0.29) is 17.7 Å². The van der Waals surface area contributed by atoms with Gasteiger partial charge in [-0.2, -0.15) is 0 Å². The van der Waals surface area contributed by atoms with Gasteiger partial charge in [0.2, 0.25) is 0 Å². The molecule has 1 fully saturated rings. The van der Waals surface area contributed by atoms with E-state index in [1.807, 2.05) is 0 Å². The summed E-state index contributed by atoms with van der Waals surface area (Å²) in [6, 6.07) is 4.95. The maximum atomic E-state index is 13.1. The highest BCUT2D eigenvalue weighted by Crippen LogP contribution is 2.22. The topological polar surface area (TPSA) is 46.6 Å². The van der Waals surface area contributed by atoms with E-state index in [0.29, 0.717) is 25.1 Å². The summed E-state index contributed by atoms with van der Waals surface area (Å²) in [6.45, 7) is 3.22. The van der Waals surface area contributed by atoms with Gasteiger partial charge in [-0.05, 0) is 43.5 Å². The zero-order valence-corrected chi connectivity index (χ0v) is 20.7. The molecule has 1 aromatic carbocycles. The monoisotopic (exact) mass is 461 g/mol. The van der Waals surface area contributed by atoms with Gasteiger partial charge in [0.1, 0.15) is 11.9 Å². The molecule has 0 N–H and O–H groups in total. The molecule has 0 bridgehead atoms. The van der Waals surface area contributed by atoms with Crippen LogP contribution >= 0.6 is 0 Å². The maximum absolute atomic E-state index is 13.1. The van der Waals surface area contributed by atoms with Crippen molar-refractivity contribution in [3.8, 4) is 0 Å². The van der Waals surface area contributed by atoms with E-state index in [0.717, 1.165) is 19.3 Å². The van der Waals surface area contributed by atoms with Gasteiger partial charge in [-0.15, -0.1) is 0 Å². The molecule has 2 rings (SSSR count). The summed E-state index contributed by atoms with van der Waals surface area (Å²) < 4.78 is 18.6. The van der Waals surface area contributed by atoms with E-state index in [1.54, 1.807) is 4.90 Å². The third-order valence-electron chi connectivity index (χ3n) is 6.62. The molecule has 1 aliphatic heterocycles. The van der Waals surface area contributed by atoms with Crippen molar-refractivity contribution in [2.24, 2.45) is 0 Å². The minimum Gasteiger partial charge on any atom is -0.464 e. The van der Waals surface area contributed by atoms with E-state index in [4.69, 9.17) is 4.74 Å². The van der Waals surface area contributed by atoms with E-state index in [9.17, 15) is 14.0 Å². The molecule has 4 nitrogen and oxygen atoms in total. The molecule has 0 aliphatic carbocycles. The Morgan fingerprint density at radius 1 is 0.848 bits per heavy atom. The highest BCUT2D eigenvalue weighted by molar-refractivity contribution is 5.97. The SMILES string of the molecule is CCCCCCCCCCCCCCCCOC(=O)C1CCCN1C(=O)c1ccc(F)cc1. The number of unbranched alkanes of at least 4 members (excludes halogenated alkanes) is 13. The Morgan fingerprint density at radius 2 is 1.36 bits per heavy atom. The summed E-state index contributed by atoms with van der Waals surface area (Å²) in [4.78, 5) is 26.8. The van der Waals surface area contributed by atoms with Crippen LogP contribution < -0.4 is 0 Å². The van der Waals surface area contributed by atoms with Crippen molar-refractivity contribution in [2.45, 2.75) is 116 Å². The second-order valence-electron chi connectivity index (χ2n) is 9.43. The largest absolute Gasteiger partial charge is 0.464 e. The van der Waals surface area contributed by atoms with Crippen molar-refractivity contribution < 1.29 is 18.7 Å². The smallest absolute Gasteiger partial charge is 0.328 e. The van der Waals surface area contributed by atoms with Gasteiger partial charge in [0.25, 0.3) is 5.91 Å². The summed E-state index contributed by atoms with van der Waals surface area (Å²) in [5.74, 6) is -0.916. The standard InChI is InChI=1S/C28H44FNO3/c1-2-3-4-5-6-7-8-9-10-11-12-13-14-15-23-33-28(32)26-17-16-22-30(26)27(31)24-18-20-25(29)21-19-24/h18-21,26H,2-17,22-23H2,1H3. The maximum Gasteiger partial charge on any atom is 0.328 e. The van der Waals surface area contributed by atoms with Crippen molar-refractivity contribution in [3.63, 3.8) is 0 Å². The molecule has 0 radical (unpaired) electrons. The van der Waals surface area contributed by atoms with Gasteiger partial charge in [0.15, 0.2) is 0 Å². The first-order valence-corrected chi connectivity index (χ1v) is 13.4. The van der Waals surface area contributed by atoms with Gasteiger partial charge in [-0.25, -0.2) is 9.18 Å². The lowest BCUT2D eigenvalue weighted by Crippen LogP contribution is -2.41. The minimum atomic E-state index is -0.519. The molecule has 1 heterocycles. The third-order valence-corrected chi connectivity index (χ3v) is 6.62. The fourth-order valence-corrected chi connectivity index (χ4v) is 4.58. The summed E-state index contributed by atoms with van der Waals surface area (Å²) in [5.41, 5.74) is 0.406. The van der Waals surface area contributed by atoms with Gasteiger partial charge in [0, 0.05) is 12.1 Å². The van der Waals surface area contributed by atoms with Crippen LogP contribution in [0.3, 0.4) is 0 Å². The van der Waals surface area contributed by atoms with Crippen molar-refractivity contribution in [1.82, 2.24) is 4.90 Å². The Kier molecular flexibility index (Phi) is 13.8. The molecular formula is C28H44FNO3. The van der Waals surface area contributed by atoms with Crippen LogP contribution in [0.25, 0.3) is 0 Å². The molecule has 1 saturated heterocycles. The first-order chi connectivity index (χ1) is 16.1. The lowest BCUT2D eigenvalue weighted by molar-refractivity contribution is -0.148. The Hall–Kier alpha value is -1.91. The first-order valence-electron chi connectivity index (χ1n) is 13.4. The molecule has 0 saturated carbocycles. The summed E-state index contributed by atoms with van der Waals surface area (Å²) in [6.07, 6.45) is 19.5. The fourth-order valence-electron chi connectivity index (χ4n) is 4.58. The molecule has 1 unspecified atom stereocenters. The Morgan fingerprint density at radius 3 is 1.91 bits per heavy atom. The van der Waals surface area contributed by atoms with Gasteiger partial charge in [-0.1, -0.05) is 90.4 Å². The number of benzene rings is 1. The molecule has 33 heavy (non-hydrogen) atoms. The second kappa shape index (κ2) is 16.7. The van der Waals surface area contributed by atoms with Crippen molar-refractivity contribution >= 4 is 11.9 Å². The summed E-state index contributed by atoms with van der Waals surface area (Å²) in [5, 5.41) is 0. The highest BCUT2D eigenvalue weighted by atomic mass is 19.1. The molecule has 186 valence electrons. The van der Waals surface area contributed by atoms with Gasteiger partial charge in [-0.3, -0.25) is 4.79 Å². The number of halogens is 1. The number of esters is 1. The Labute approximate surface area is 200 Å². The third kappa shape index (κ3) is 10.7. The number of hydrogen-bond acceptors (Lipinski definition) is 3. The molecule has 0 spiro atoms. The predicted octanol–water partition coefficient (Wildman–Crippen LogP) is 7.45. The zero-order valence-electron chi connectivity index (χ0n) is 20.7. The van der Waals surface area contributed by atoms with Crippen LogP contribution in [0.2, 0.25) is 0 Å². The van der Waals surface area contributed by atoms with E-state index < -0.39 is 6.04 Å². The van der Waals surface area contributed by atoms with Crippen molar-refractivity contribution in [2.75, 3.05) is 13.2 Å². The van der Waals surface area contributed by atoms with E-state index >= 15 is 0 Å². The second-order valence-corrected chi connectivity index (χ2v) is 9.43. The normalized spacial score (nSPS) is 15.7. The van der Waals surface area contributed by atoms with Crippen LogP contribution in [0, 0.1) is 5.82 Å². The minimum absolute atomic E-state index is 0.231. The molecule has 1 amide bonds. The lowest BCUT2D eigenvalue weighted by atomic mass is 10.0. The number of rotatable bonds is 17. The summed E-state index contributed by atoms with van der Waals surface area (Å²) >= 11 is 0.